The van der Waals surface area contributed by atoms with E-state index in [9.17, 15) is 4.79 Å². The summed E-state index contributed by atoms with van der Waals surface area (Å²) in [6.45, 7) is 2.25. The Labute approximate surface area is 111 Å². The molecule has 1 rings (SSSR count). The van der Waals surface area contributed by atoms with Crippen molar-refractivity contribution in [3.8, 4) is 0 Å². The average Bonchev–Trinajstić information content (AvgIpc) is 3.12. The Balaban J connectivity index is 1.84. The molecule has 0 aromatic rings. The first kappa shape index (κ1) is 15.5. The van der Waals surface area contributed by atoms with Crippen molar-refractivity contribution in [3.63, 3.8) is 0 Å². The molecular formula is C15H28O3. The predicted octanol–water partition coefficient (Wildman–Crippen LogP) is 3.85. The normalized spacial score (nSPS) is 21.9. The number of hydrogen-bond donors (Lipinski definition) is 0. The first-order valence-corrected chi connectivity index (χ1v) is 7.50. The molecule has 0 aromatic carbocycles. The molecule has 1 aliphatic rings. The maximum atomic E-state index is 10.9. The van der Waals surface area contributed by atoms with Crippen LogP contribution in [0.1, 0.15) is 71.1 Å². The average molecular weight is 256 g/mol. The standard InChI is InChI=1S/C15H28O3/c1-3-4-5-6-7-8-10-13-14(18-13)11-9-12-15(16)17-2/h13-14H,3-12H2,1-2H3. The molecule has 1 heterocycles. The fourth-order valence-electron chi connectivity index (χ4n) is 2.36. The van der Waals surface area contributed by atoms with E-state index in [1.807, 2.05) is 0 Å². The minimum atomic E-state index is -0.108. The molecule has 3 heteroatoms. The van der Waals surface area contributed by atoms with Crippen LogP contribution in [-0.2, 0) is 14.3 Å². The zero-order chi connectivity index (χ0) is 13.2. The van der Waals surface area contributed by atoms with Gasteiger partial charge in [0.15, 0.2) is 0 Å². The lowest BCUT2D eigenvalue weighted by Gasteiger charge is -1.99. The summed E-state index contributed by atoms with van der Waals surface area (Å²) in [4.78, 5) is 10.9. The van der Waals surface area contributed by atoms with Gasteiger partial charge in [-0.1, -0.05) is 45.4 Å². The van der Waals surface area contributed by atoms with Crippen LogP contribution in [0.15, 0.2) is 0 Å². The molecule has 1 fully saturated rings. The van der Waals surface area contributed by atoms with Gasteiger partial charge in [-0.2, -0.15) is 0 Å². The first-order valence-electron chi connectivity index (χ1n) is 7.50. The number of carbonyl (C=O) groups excluding carboxylic acids is 1. The minimum Gasteiger partial charge on any atom is -0.469 e. The lowest BCUT2D eigenvalue weighted by molar-refractivity contribution is -0.140. The number of carbonyl (C=O) groups is 1. The Kier molecular flexibility index (Phi) is 8.06. The molecule has 0 amide bonds. The third kappa shape index (κ3) is 7.00. The van der Waals surface area contributed by atoms with Crippen LogP contribution in [0, 0.1) is 0 Å². The van der Waals surface area contributed by atoms with Crippen molar-refractivity contribution in [2.45, 2.75) is 83.3 Å². The highest BCUT2D eigenvalue weighted by Crippen LogP contribution is 2.31. The molecule has 106 valence electrons. The number of epoxide rings is 1. The monoisotopic (exact) mass is 256 g/mol. The van der Waals surface area contributed by atoms with Crippen molar-refractivity contribution in [2.24, 2.45) is 0 Å². The molecule has 2 atom stereocenters. The molecule has 1 saturated heterocycles. The Morgan fingerprint density at radius 3 is 2.28 bits per heavy atom. The molecule has 0 saturated carbocycles. The second kappa shape index (κ2) is 9.37. The molecule has 0 N–H and O–H groups in total. The number of ether oxygens (including phenoxy) is 2. The van der Waals surface area contributed by atoms with Crippen molar-refractivity contribution < 1.29 is 14.3 Å². The van der Waals surface area contributed by atoms with E-state index in [4.69, 9.17) is 4.74 Å². The van der Waals surface area contributed by atoms with Gasteiger partial charge in [0.1, 0.15) is 0 Å². The zero-order valence-corrected chi connectivity index (χ0v) is 12.0. The van der Waals surface area contributed by atoms with Crippen LogP contribution in [0.5, 0.6) is 0 Å². The van der Waals surface area contributed by atoms with Crippen LogP contribution >= 0.6 is 0 Å². The smallest absolute Gasteiger partial charge is 0.305 e. The lowest BCUT2D eigenvalue weighted by Crippen LogP contribution is -2.01. The predicted molar refractivity (Wildman–Crippen MR) is 72.5 cm³/mol. The highest BCUT2D eigenvalue weighted by Gasteiger charge is 2.37. The van der Waals surface area contributed by atoms with Gasteiger partial charge in [-0.05, 0) is 19.3 Å². The van der Waals surface area contributed by atoms with E-state index in [0.29, 0.717) is 18.6 Å². The molecule has 0 bridgehead atoms. The van der Waals surface area contributed by atoms with Gasteiger partial charge >= 0.3 is 5.97 Å². The third-order valence-corrected chi connectivity index (χ3v) is 3.63. The highest BCUT2D eigenvalue weighted by molar-refractivity contribution is 5.68. The zero-order valence-electron chi connectivity index (χ0n) is 12.0. The van der Waals surface area contributed by atoms with Gasteiger partial charge in [0, 0.05) is 6.42 Å². The van der Waals surface area contributed by atoms with Gasteiger partial charge in [-0.25, -0.2) is 0 Å². The lowest BCUT2D eigenvalue weighted by atomic mass is 10.1. The van der Waals surface area contributed by atoms with Crippen LogP contribution in [0.2, 0.25) is 0 Å². The van der Waals surface area contributed by atoms with Crippen LogP contribution in [0.4, 0.5) is 0 Å². The summed E-state index contributed by atoms with van der Waals surface area (Å²) in [7, 11) is 1.44. The number of unbranched alkanes of at least 4 members (excludes halogenated alkanes) is 5. The SMILES string of the molecule is CCCCCCCCC1OC1CCCC(=O)OC. The molecule has 1 aliphatic heterocycles. The Bertz CT molecular complexity index is 228. The molecule has 0 aliphatic carbocycles. The molecule has 0 radical (unpaired) electrons. The van der Waals surface area contributed by atoms with Gasteiger partial charge in [0.2, 0.25) is 0 Å². The van der Waals surface area contributed by atoms with E-state index in [2.05, 4.69) is 11.7 Å². The van der Waals surface area contributed by atoms with E-state index in [-0.39, 0.29) is 5.97 Å². The van der Waals surface area contributed by atoms with Gasteiger partial charge < -0.3 is 9.47 Å². The maximum absolute atomic E-state index is 10.9. The first-order chi connectivity index (χ1) is 8.77. The number of hydrogen-bond acceptors (Lipinski definition) is 3. The van der Waals surface area contributed by atoms with Crippen molar-refractivity contribution in [3.05, 3.63) is 0 Å². The Morgan fingerprint density at radius 1 is 1.00 bits per heavy atom. The number of rotatable bonds is 11. The van der Waals surface area contributed by atoms with E-state index in [0.717, 1.165) is 12.8 Å². The van der Waals surface area contributed by atoms with E-state index in [1.165, 1.54) is 52.1 Å². The second-order valence-electron chi connectivity index (χ2n) is 5.24. The summed E-state index contributed by atoms with van der Waals surface area (Å²) in [5, 5.41) is 0. The van der Waals surface area contributed by atoms with E-state index in [1.54, 1.807) is 0 Å². The molecule has 0 aromatic heterocycles. The Hall–Kier alpha value is -0.570. The van der Waals surface area contributed by atoms with Crippen molar-refractivity contribution in [1.82, 2.24) is 0 Å². The number of esters is 1. The molecule has 0 spiro atoms. The van der Waals surface area contributed by atoms with Crippen molar-refractivity contribution in [1.29, 1.82) is 0 Å². The Morgan fingerprint density at radius 2 is 1.61 bits per heavy atom. The van der Waals surface area contributed by atoms with Gasteiger partial charge in [-0.3, -0.25) is 4.79 Å². The summed E-state index contributed by atoms with van der Waals surface area (Å²) in [6.07, 6.45) is 12.6. The minimum absolute atomic E-state index is 0.108. The largest absolute Gasteiger partial charge is 0.469 e. The fraction of sp³-hybridized carbons (Fsp3) is 0.933. The fourth-order valence-corrected chi connectivity index (χ4v) is 2.36. The van der Waals surface area contributed by atoms with E-state index < -0.39 is 0 Å². The molecule has 3 nitrogen and oxygen atoms in total. The maximum Gasteiger partial charge on any atom is 0.305 e. The van der Waals surface area contributed by atoms with Crippen LogP contribution in [0.3, 0.4) is 0 Å². The van der Waals surface area contributed by atoms with Crippen LogP contribution in [-0.4, -0.2) is 25.3 Å². The summed E-state index contributed by atoms with van der Waals surface area (Å²) in [5.74, 6) is -0.108. The topological polar surface area (TPSA) is 38.8 Å². The van der Waals surface area contributed by atoms with Gasteiger partial charge in [0.25, 0.3) is 0 Å². The second-order valence-corrected chi connectivity index (χ2v) is 5.24. The quantitative estimate of drug-likeness (QED) is 0.320. The molecule has 2 unspecified atom stereocenters. The molecular weight excluding hydrogens is 228 g/mol. The summed E-state index contributed by atoms with van der Waals surface area (Å²) in [5.41, 5.74) is 0. The van der Waals surface area contributed by atoms with Crippen LogP contribution in [0.25, 0.3) is 0 Å². The van der Waals surface area contributed by atoms with Crippen LogP contribution < -0.4 is 0 Å². The summed E-state index contributed by atoms with van der Waals surface area (Å²) in [6, 6.07) is 0. The highest BCUT2D eigenvalue weighted by atomic mass is 16.6. The van der Waals surface area contributed by atoms with Crippen molar-refractivity contribution >= 4 is 5.97 Å². The summed E-state index contributed by atoms with van der Waals surface area (Å²) < 4.78 is 10.2. The van der Waals surface area contributed by atoms with Gasteiger partial charge in [-0.15, -0.1) is 0 Å². The van der Waals surface area contributed by atoms with E-state index >= 15 is 0 Å². The number of methoxy groups -OCH3 is 1. The van der Waals surface area contributed by atoms with Gasteiger partial charge in [0.05, 0.1) is 19.3 Å². The molecule has 18 heavy (non-hydrogen) atoms. The summed E-state index contributed by atoms with van der Waals surface area (Å²) >= 11 is 0. The van der Waals surface area contributed by atoms with Crippen molar-refractivity contribution in [2.75, 3.05) is 7.11 Å². The third-order valence-electron chi connectivity index (χ3n) is 3.63.